The topological polar surface area (TPSA) is 56.2 Å². The molecule has 0 aliphatic carbocycles. The van der Waals surface area contributed by atoms with E-state index in [0.29, 0.717) is 23.2 Å². The van der Waals surface area contributed by atoms with E-state index in [4.69, 9.17) is 25.9 Å². The molecule has 8 rings (SSSR count). The van der Waals surface area contributed by atoms with Crippen molar-refractivity contribution in [2.45, 2.75) is 0 Å². The van der Waals surface area contributed by atoms with Gasteiger partial charge in [0.15, 0.2) is 23.2 Å². The normalized spacial score (nSPS) is 11.1. The van der Waals surface area contributed by atoms with Crippen LogP contribution in [0.5, 0.6) is 0 Å². The molecule has 2 aromatic heterocycles. The first kappa shape index (κ1) is 26.3. The van der Waals surface area contributed by atoms with Crippen LogP contribution in [0.25, 0.3) is 83.2 Å². The Morgan fingerprint density at radius 3 is 1.67 bits per heavy atom. The molecule has 5 nitrogen and oxygen atoms in total. The van der Waals surface area contributed by atoms with E-state index in [9.17, 15) is 0 Å². The highest BCUT2D eigenvalue weighted by Gasteiger charge is 2.22. The highest BCUT2D eigenvalue weighted by Crippen LogP contribution is 2.42. The van der Waals surface area contributed by atoms with Gasteiger partial charge in [-0.15, -0.1) is 0 Å². The lowest BCUT2D eigenvalue weighted by Crippen LogP contribution is -2.01. The molecule has 0 N–H and O–H groups in total. The number of nitrogens with zero attached hydrogens (tertiary/aromatic N) is 4. The van der Waals surface area contributed by atoms with Gasteiger partial charge >= 0.3 is 0 Å². The fourth-order valence-electron chi connectivity index (χ4n) is 5.82. The van der Waals surface area contributed by atoms with Crippen molar-refractivity contribution in [2.24, 2.45) is 0 Å². The molecule has 0 saturated heterocycles. The smallest absolute Gasteiger partial charge is 0.194 e. The van der Waals surface area contributed by atoms with Crippen LogP contribution in [0.3, 0.4) is 0 Å². The molecule has 0 bridgehead atoms. The average Bonchev–Trinajstić information content (AvgIpc) is 3.50. The lowest BCUT2D eigenvalue weighted by Gasteiger charge is -2.13. The van der Waals surface area contributed by atoms with Crippen molar-refractivity contribution in [2.75, 3.05) is 0 Å². The summed E-state index contributed by atoms with van der Waals surface area (Å²) >= 11 is 0. The second-order valence-electron chi connectivity index (χ2n) is 10.7. The summed E-state index contributed by atoms with van der Waals surface area (Å²) < 4.78 is 6.58. The zero-order valence-electron chi connectivity index (χ0n) is 24.1. The standard InChI is InChI=1S/C40H24N4O/c1-41-34-18-10-8-16-30(34)26-20-22-27(23-21-26)31-24-25-33-32-17-9-11-19-35(32)45-37(33)36(31)40-43-38(28-12-4-2-5-13-28)42-39(44-40)29-14-6-3-7-15-29/h2-25H. The molecule has 45 heavy (non-hydrogen) atoms. The van der Waals surface area contributed by atoms with E-state index in [1.54, 1.807) is 0 Å². The van der Waals surface area contributed by atoms with Gasteiger partial charge in [-0.05, 0) is 34.4 Å². The summed E-state index contributed by atoms with van der Waals surface area (Å²) in [5.41, 5.74) is 8.57. The Bertz CT molecular complexity index is 2310. The predicted molar refractivity (Wildman–Crippen MR) is 181 cm³/mol. The molecule has 0 atom stereocenters. The lowest BCUT2D eigenvalue weighted by atomic mass is 9.94. The molecule has 5 heteroatoms. The number of furan rings is 1. The first-order valence-electron chi connectivity index (χ1n) is 14.7. The van der Waals surface area contributed by atoms with Gasteiger partial charge in [0, 0.05) is 21.9 Å². The Kier molecular flexibility index (Phi) is 6.44. The second-order valence-corrected chi connectivity index (χ2v) is 10.7. The van der Waals surface area contributed by atoms with Crippen LogP contribution in [0, 0.1) is 6.57 Å². The molecular formula is C40H24N4O. The minimum atomic E-state index is 0.532. The Labute approximate surface area is 260 Å². The quantitative estimate of drug-likeness (QED) is 0.191. The van der Waals surface area contributed by atoms with Crippen LogP contribution in [0.4, 0.5) is 5.69 Å². The van der Waals surface area contributed by atoms with Crippen molar-refractivity contribution in [1.29, 1.82) is 0 Å². The van der Waals surface area contributed by atoms with E-state index in [0.717, 1.165) is 60.9 Å². The lowest BCUT2D eigenvalue weighted by molar-refractivity contribution is 0.669. The van der Waals surface area contributed by atoms with Gasteiger partial charge in [0.25, 0.3) is 0 Å². The zero-order chi connectivity index (χ0) is 30.2. The molecule has 210 valence electrons. The Hall–Kier alpha value is -6.38. The summed E-state index contributed by atoms with van der Waals surface area (Å²) in [5.74, 6) is 1.71. The number of rotatable bonds is 5. The summed E-state index contributed by atoms with van der Waals surface area (Å²) in [7, 11) is 0. The molecule has 6 aromatic carbocycles. The summed E-state index contributed by atoms with van der Waals surface area (Å²) in [6.45, 7) is 7.61. The first-order valence-corrected chi connectivity index (χ1v) is 14.7. The van der Waals surface area contributed by atoms with Crippen molar-refractivity contribution in [3.05, 3.63) is 157 Å². The van der Waals surface area contributed by atoms with Crippen LogP contribution in [-0.2, 0) is 0 Å². The molecule has 0 saturated carbocycles. The molecule has 0 aliphatic rings. The fourth-order valence-corrected chi connectivity index (χ4v) is 5.82. The third kappa shape index (κ3) is 4.71. The van der Waals surface area contributed by atoms with E-state index < -0.39 is 0 Å². The van der Waals surface area contributed by atoms with Gasteiger partial charge in [-0.2, -0.15) is 0 Å². The van der Waals surface area contributed by atoms with Crippen molar-refractivity contribution in [3.8, 4) is 56.4 Å². The van der Waals surface area contributed by atoms with E-state index >= 15 is 0 Å². The molecular weight excluding hydrogens is 552 g/mol. The number of benzene rings is 6. The maximum absolute atomic E-state index is 7.61. The maximum Gasteiger partial charge on any atom is 0.194 e. The molecule has 0 spiro atoms. The highest BCUT2D eigenvalue weighted by atomic mass is 16.3. The minimum Gasteiger partial charge on any atom is -0.455 e. The van der Waals surface area contributed by atoms with Crippen LogP contribution in [-0.4, -0.2) is 15.0 Å². The third-order valence-electron chi connectivity index (χ3n) is 8.00. The molecule has 2 heterocycles. The van der Waals surface area contributed by atoms with Crippen LogP contribution in [0.2, 0.25) is 0 Å². The van der Waals surface area contributed by atoms with Gasteiger partial charge < -0.3 is 4.42 Å². The van der Waals surface area contributed by atoms with Crippen LogP contribution in [0.1, 0.15) is 0 Å². The minimum absolute atomic E-state index is 0.532. The molecule has 0 fully saturated rings. The second kappa shape index (κ2) is 11.0. The zero-order valence-corrected chi connectivity index (χ0v) is 24.1. The molecule has 0 radical (unpaired) electrons. The van der Waals surface area contributed by atoms with Gasteiger partial charge in [-0.3, -0.25) is 0 Å². The van der Waals surface area contributed by atoms with Crippen molar-refractivity contribution >= 4 is 27.6 Å². The first-order chi connectivity index (χ1) is 22.3. The number of hydrogen-bond acceptors (Lipinski definition) is 4. The van der Waals surface area contributed by atoms with Crippen molar-refractivity contribution in [3.63, 3.8) is 0 Å². The molecule has 8 aromatic rings. The molecule has 0 amide bonds. The molecule has 0 unspecified atom stereocenters. The Balaban J connectivity index is 1.39. The fraction of sp³-hybridized carbons (Fsp3) is 0. The summed E-state index contributed by atoms with van der Waals surface area (Å²) in [5, 5.41) is 2.03. The van der Waals surface area contributed by atoms with Gasteiger partial charge in [-0.1, -0.05) is 133 Å². The molecule has 0 aliphatic heterocycles. The van der Waals surface area contributed by atoms with Gasteiger partial charge in [0.2, 0.25) is 0 Å². The van der Waals surface area contributed by atoms with E-state index in [1.807, 2.05) is 103 Å². The third-order valence-corrected chi connectivity index (χ3v) is 8.00. The van der Waals surface area contributed by atoms with E-state index in [2.05, 4.69) is 47.3 Å². The van der Waals surface area contributed by atoms with E-state index in [-0.39, 0.29) is 0 Å². The van der Waals surface area contributed by atoms with Crippen molar-refractivity contribution in [1.82, 2.24) is 15.0 Å². The van der Waals surface area contributed by atoms with Gasteiger partial charge in [-0.25, -0.2) is 19.8 Å². The Morgan fingerprint density at radius 2 is 1.00 bits per heavy atom. The van der Waals surface area contributed by atoms with Gasteiger partial charge in [0.05, 0.1) is 12.1 Å². The SMILES string of the molecule is [C-]#[N+]c1ccccc1-c1ccc(-c2ccc3c(oc4ccccc43)c2-c2nc(-c3ccccc3)nc(-c3ccccc3)n2)cc1. The average molecular weight is 577 g/mol. The maximum atomic E-state index is 7.61. The van der Waals surface area contributed by atoms with Gasteiger partial charge in [0.1, 0.15) is 11.2 Å². The van der Waals surface area contributed by atoms with Crippen LogP contribution >= 0.6 is 0 Å². The number of aromatic nitrogens is 3. The van der Waals surface area contributed by atoms with Crippen LogP contribution in [0.15, 0.2) is 150 Å². The Morgan fingerprint density at radius 1 is 0.444 bits per heavy atom. The van der Waals surface area contributed by atoms with Crippen molar-refractivity contribution < 1.29 is 4.42 Å². The predicted octanol–water partition coefficient (Wildman–Crippen LogP) is 10.7. The number of hydrogen-bond donors (Lipinski definition) is 0. The monoisotopic (exact) mass is 576 g/mol. The number of para-hydroxylation sites is 2. The van der Waals surface area contributed by atoms with E-state index in [1.165, 1.54) is 0 Å². The largest absolute Gasteiger partial charge is 0.455 e. The summed E-state index contributed by atoms with van der Waals surface area (Å²) in [6, 6.07) is 48.2. The number of fused-ring (bicyclic) bond motifs is 3. The highest BCUT2D eigenvalue weighted by molar-refractivity contribution is 6.12. The summed E-state index contributed by atoms with van der Waals surface area (Å²) in [6.07, 6.45) is 0. The van der Waals surface area contributed by atoms with Crippen LogP contribution < -0.4 is 0 Å². The summed E-state index contributed by atoms with van der Waals surface area (Å²) in [4.78, 5) is 18.8.